The van der Waals surface area contributed by atoms with E-state index in [9.17, 15) is 8.78 Å². The van der Waals surface area contributed by atoms with Crippen LogP contribution in [0.5, 0.6) is 0 Å². The fraction of sp³-hybridized carbons (Fsp3) is 0.0667. The van der Waals surface area contributed by atoms with Crippen molar-refractivity contribution < 1.29 is 8.78 Å². The average molecular weight is 304 g/mol. The number of nitriles is 1. The van der Waals surface area contributed by atoms with Crippen LogP contribution < -0.4 is 0 Å². The van der Waals surface area contributed by atoms with E-state index in [0.717, 1.165) is 0 Å². The third kappa shape index (κ3) is 2.14. The summed E-state index contributed by atoms with van der Waals surface area (Å²) in [6.45, 7) is 0. The first-order valence-electron chi connectivity index (χ1n) is 6.07. The lowest BCUT2D eigenvalue weighted by atomic mass is 10.2. The number of benzene rings is 2. The largest absolute Gasteiger partial charge is 0.295 e. The van der Waals surface area contributed by atoms with Crippen LogP contribution in [0.4, 0.5) is 8.78 Å². The van der Waals surface area contributed by atoms with Crippen molar-refractivity contribution in [2.75, 3.05) is 0 Å². The fourth-order valence-corrected chi connectivity index (χ4v) is 2.41. The summed E-state index contributed by atoms with van der Waals surface area (Å²) in [5.74, 6) is -0.579. The van der Waals surface area contributed by atoms with Gasteiger partial charge in [-0.05, 0) is 30.3 Å². The highest BCUT2D eigenvalue weighted by Crippen LogP contribution is 2.25. The van der Waals surface area contributed by atoms with E-state index in [0.29, 0.717) is 17.0 Å². The van der Waals surface area contributed by atoms with Crippen molar-refractivity contribution in [2.24, 2.45) is 0 Å². The maximum Gasteiger partial charge on any atom is 0.151 e. The summed E-state index contributed by atoms with van der Waals surface area (Å²) in [6, 6.07) is 10.4. The predicted molar refractivity (Wildman–Crippen MR) is 75.3 cm³/mol. The molecule has 1 heterocycles. The molecule has 0 atom stereocenters. The Kier molecular flexibility index (Phi) is 3.32. The number of rotatable bonds is 2. The molecule has 0 N–H and O–H groups in total. The van der Waals surface area contributed by atoms with Crippen molar-refractivity contribution in [2.45, 2.75) is 5.88 Å². The third-order valence-corrected chi connectivity index (χ3v) is 3.39. The smallest absolute Gasteiger partial charge is 0.151 e. The van der Waals surface area contributed by atoms with Gasteiger partial charge in [-0.15, -0.1) is 11.6 Å². The van der Waals surface area contributed by atoms with Gasteiger partial charge in [-0.25, -0.2) is 13.8 Å². The van der Waals surface area contributed by atoms with Gasteiger partial charge < -0.3 is 0 Å². The van der Waals surface area contributed by atoms with E-state index in [1.54, 1.807) is 22.8 Å². The molecule has 3 aromatic rings. The van der Waals surface area contributed by atoms with Crippen molar-refractivity contribution in [3.63, 3.8) is 0 Å². The number of fused-ring (bicyclic) bond motifs is 1. The molecule has 21 heavy (non-hydrogen) atoms. The van der Waals surface area contributed by atoms with Gasteiger partial charge in [-0.2, -0.15) is 5.26 Å². The van der Waals surface area contributed by atoms with E-state index >= 15 is 0 Å². The second-order valence-corrected chi connectivity index (χ2v) is 4.65. The standard InChI is InChI=1S/C15H8ClF2N3/c16-7-14-20-15-12(18)2-1-3-13(15)21(14)10-4-5-11(17)9(6-10)8-19/h1-6H,7H2. The third-order valence-electron chi connectivity index (χ3n) is 3.15. The maximum atomic E-state index is 13.8. The highest BCUT2D eigenvalue weighted by atomic mass is 35.5. The van der Waals surface area contributed by atoms with Crippen LogP contribution in [-0.4, -0.2) is 9.55 Å². The predicted octanol–water partition coefficient (Wildman–Crippen LogP) is 3.91. The minimum Gasteiger partial charge on any atom is -0.295 e. The van der Waals surface area contributed by atoms with E-state index < -0.39 is 11.6 Å². The van der Waals surface area contributed by atoms with Crippen LogP contribution in [0.15, 0.2) is 36.4 Å². The fourth-order valence-electron chi connectivity index (χ4n) is 2.23. The highest BCUT2D eigenvalue weighted by molar-refractivity contribution is 6.17. The molecule has 0 aliphatic rings. The number of imidazole rings is 1. The quantitative estimate of drug-likeness (QED) is 0.673. The second kappa shape index (κ2) is 5.15. The van der Waals surface area contributed by atoms with Gasteiger partial charge >= 0.3 is 0 Å². The molecular weight excluding hydrogens is 296 g/mol. The molecule has 0 radical (unpaired) electrons. The molecule has 0 aliphatic carbocycles. The summed E-state index contributed by atoms with van der Waals surface area (Å²) in [6.07, 6.45) is 0. The molecule has 3 rings (SSSR count). The van der Waals surface area contributed by atoms with E-state index in [1.807, 2.05) is 0 Å². The SMILES string of the molecule is N#Cc1cc(-n2c(CCl)nc3c(F)cccc32)ccc1F. The molecule has 0 spiro atoms. The molecule has 0 fully saturated rings. The van der Waals surface area contributed by atoms with Crippen LogP contribution >= 0.6 is 11.6 Å². The number of hydrogen-bond acceptors (Lipinski definition) is 2. The van der Waals surface area contributed by atoms with Gasteiger partial charge in [0.1, 0.15) is 23.2 Å². The molecule has 104 valence electrons. The summed E-state index contributed by atoms with van der Waals surface area (Å²) in [5.41, 5.74) is 1.13. The van der Waals surface area contributed by atoms with Gasteiger partial charge in [0.25, 0.3) is 0 Å². The van der Waals surface area contributed by atoms with Crippen LogP contribution in [0.1, 0.15) is 11.4 Å². The molecule has 0 amide bonds. The van der Waals surface area contributed by atoms with Gasteiger partial charge in [0, 0.05) is 5.69 Å². The molecule has 6 heteroatoms. The van der Waals surface area contributed by atoms with Crippen molar-refractivity contribution in [3.05, 3.63) is 59.4 Å². The Balaban J connectivity index is 2.34. The number of alkyl halides is 1. The van der Waals surface area contributed by atoms with Crippen molar-refractivity contribution >= 4 is 22.6 Å². The van der Waals surface area contributed by atoms with E-state index in [-0.39, 0.29) is 17.0 Å². The molecule has 0 unspecified atom stereocenters. The first kappa shape index (κ1) is 13.5. The Morgan fingerprint density at radius 2 is 2.00 bits per heavy atom. The van der Waals surface area contributed by atoms with Crippen LogP contribution in [0.2, 0.25) is 0 Å². The molecule has 1 aromatic heterocycles. The summed E-state index contributed by atoms with van der Waals surface area (Å²) in [4.78, 5) is 4.16. The summed E-state index contributed by atoms with van der Waals surface area (Å²) in [7, 11) is 0. The summed E-state index contributed by atoms with van der Waals surface area (Å²) in [5, 5.41) is 8.92. The van der Waals surface area contributed by atoms with Crippen LogP contribution in [0.25, 0.3) is 16.7 Å². The van der Waals surface area contributed by atoms with E-state index in [4.69, 9.17) is 16.9 Å². The van der Waals surface area contributed by atoms with Crippen LogP contribution in [-0.2, 0) is 5.88 Å². The monoisotopic (exact) mass is 303 g/mol. The Morgan fingerprint density at radius 3 is 2.71 bits per heavy atom. The molecule has 0 aliphatic heterocycles. The first-order chi connectivity index (χ1) is 10.2. The lowest BCUT2D eigenvalue weighted by molar-refractivity contribution is 0.623. The lowest BCUT2D eigenvalue weighted by Gasteiger charge is -2.08. The molecule has 2 aromatic carbocycles. The zero-order chi connectivity index (χ0) is 15.0. The van der Waals surface area contributed by atoms with Gasteiger partial charge in [-0.3, -0.25) is 4.57 Å². The van der Waals surface area contributed by atoms with Gasteiger partial charge in [0.15, 0.2) is 5.82 Å². The Hall–Kier alpha value is -2.45. The second-order valence-electron chi connectivity index (χ2n) is 4.38. The number of aromatic nitrogens is 2. The Morgan fingerprint density at radius 1 is 1.19 bits per heavy atom. The highest BCUT2D eigenvalue weighted by Gasteiger charge is 2.15. The normalized spacial score (nSPS) is 10.8. The molecular formula is C15H8ClF2N3. The molecule has 0 saturated heterocycles. The Bertz CT molecular complexity index is 880. The number of halogens is 3. The maximum absolute atomic E-state index is 13.8. The first-order valence-corrected chi connectivity index (χ1v) is 6.61. The molecule has 0 bridgehead atoms. The van der Waals surface area contributed by atoms with Crippen LogP contribution in [0.3, 0.4) is 0 Å². The van der Waals surface area contributed by atoms with Gasteiger partial charge in [0.2, 0.25) is 0 Å². The van der Waals surface area contributed by atoms with Crippen molar-refractivity contribution in [1.29, 1.82) is 5.26 Å². The van der Waals surface area contributed by atoms with Crippen molar-refractivity contribution in [3.8, 4) is 11.8 Å². The van der Waals surface area contributed by atoms with E-state index in [1.165, 1.54) is 24.3 Å². The van der Waals surface area contributed by atoms with E-state index in [2.05, 4.69) is 4.98 Å². The Labute approximate surface area is 124 Å². The average Bonchev–Trinajstić information content (AvgIpc) is 2.88. The number of para-hydroxylation sites is 1. The van der Waals surface area contributed by atoms with Gasteiger partial charge in [-0.1, -0.05) is 6.07 Å². The summed E-state index contributed by atoms with van der Waals surface area (Å²) < 4.78 is 28.9. The zero-order valence-electron chi connectivity index (χ0n) is 10.6. The lowest BCUT2D eigenvalue weighted by Crippen LogP contribution is -2.00. The minimum atomic E-state index is -0.607. The summed E-state index contributed by atoms with van der Waals surface area (Å²) >= 11 is 5.87. The molecule has 3 nitrogen and oxygen atoms in total. The zero-order valence-corrected chi connectivity index (χ0v) is 11.4. The minimum absolute atomic E-state index is 0.0629. The van der Waals surface area contributed by atoms with Crippen LogP contribution in [0, 0.1) is 23.0 Å². The van der Waals surface area contributed by atoms with Crippen molar-refractivity contribution in [1.82, 2.24) is 9.55 Å². The number of hydrogen-bond donors (Lipinski definition) is 0. The van der Waals surface area contributed by atoms with Gasteiger partial charge in [0.05, 0.1) is 17.0 Å². The number of nitrogens with zero attached hydrogens (tertiary/aromatic N) is 3. The topological polar surface area (TPSA) is 41.6 Å². The molecule has 0 saturated carbocycles.